The predicted molar refractivity (Wildman–Crippen MR) is 107 cm³/mol. The van der Waals surface area contributed by atoms with Gasteiger partial charge in [0.15, 0.2) is 0 Å². The summed E-state index contributed by atoms with van der Waals surface area (Å²) in [6, 6.07) is 15.5. The summed E-state index contributed by atoms with van der Waals surface area (Å²) in [6.07, 6.45) is 2.81. The van der Waals surface area contributed by atoms with E-state index in [4.69, 9.17) is 16.3 Å². The van der Waals surface area contributed by atoms with Crippen molar-refractivity contribution in [1.82, 2.24) is 15.5 Å². The lowest BCUT2D eigenvalue weighted by Crippen LogP contribution is -2.22. The van der Waals surface area contributed by atoms with Crippen molar-refractivity contribution in [2.45, 2.75) is 26.3 Å². The summed E-state index contributed by atoms with van der Waals surface area (Å²) >= 11 is 5.93. The number of hydrogen-bond acceptors (Lipinski definition) is 3. The summed E-state index contributed by atoms with van der Waals surface area (Å²) in [5.41, 5.74) is 4.09. The maximum atomic E-state index is 12.0. The standard InChI is InChI=1S/C21H22ClN3O2/c1-15-13-18(22)8-9-20(15)27-12-2-3-21(26)23-14-16-4-6-17(7-5-16)19-10-11-24-25-19/h4-11,13H,2-3,12,14H2,1H3,(H,23,26)(H,24,25). The number of nitrogens with zero attached hydrogens (tertiary/aromatic N) is 1. The van der Waals surface area contributed by atoms with Crippen molar-refractivity contribution < 1.29 is 9.53 Å². The molecule has 140 valence electrons. The van der Waals surface area contributed by atoms with Crippen molar-refractivity contribution in [3.05, 3.63) is 70.9 Å². The molecule has 0 aliphatic heterocycles. The number of nitrogens with one attached hydrogen (secondary N) is 2. The highest BCUT2D eigenvalue weighted by atomic mass is 35.5. The van der Waals surface area contributed by atoms with Crippen molar-refractivity contribution in [2.24, 2.45) is 0 Å². The number of ether oxygens (including phenoxy) is 1. The van der Waals surface area contributed by atoms with Gasteiger partial charge < -0.3 is 10.1 Å². The fourth-order valence-corrected chi connectivity index (χ4v) is 2.92. The smallest absolute Gasteiger partial charge is 0.220 e. The molecule has 3 aromatic rings. The normalized spacial score (nSPS) is 10.6. The summed E-state index contributed by atoms with van der Waals surface area (Å²) in [5, 5.41) is 10.5. The maximum Gasteiger partial charge on any atom is 0.220 e. The van der Waals surface area contributed by atoms with Crippen LogP contribution in [0.5, 0.6) is 5.75 Å². The zero-order valence-corrected chi connectivity index (χ0v) is 15.9. The van der Waals surface area contributed by atoms with Gasteiger partial charge in [-0.2, -0.15) is 5.10 Å². The lowest BCUT2D eigenvalue weighted by atomic mass is 10.1. The van der Waals surface area contributed by atoms with Crippen molar-refractivity contribution >= 4 is 17.5 Å². The molecular formula is C21H22ClN3O2. The number of rotatable bonds is 8. The number of aromatic amines is 1. The fraction of sp³-hybridized carbons (Fsp3) is 0.238. The number of aromatic nitrogens is 2. The van der Waals surface area contributed by atoms with Gasteiger partial charge >= 0.3 is 0 Å². The molecule has 0 saturated heterocycles. The lowest BCUT2D eigenvalue weighted by Gasteiger charge is -2.10. The molecule has 0 unspecified atom stereocenters. The number of H-pyrrole nitrogens is 1. The molecule has 27 heavy (non-hydrogen) atoms. The molecule has 0 aliphatic carbocycles. The second-order valence-corrected chi connectivity index (χ2v) is 6.74. The monoisotopic (exact) mass is 383 g/mol. The Kier molecular flexibility index (Phi) is 6.49. The third-order valence-corrected chi connectivity index (χ3v) is 4.43. The highest BCUT2D eigenvalue weighted by Gasteiger charge is 2.04. The van der Waals surface area contributed by atoms with Crippen LogP contribution >= 0.6 is 11.6 Å². The Bertz CT molecular complexity index is 877. The zero-order valence-electron chi connectivity index (χ0n) is 15.2. The first-order chi connectivity index (χ1) is 13.1. The topological polar surface area (TPSA) is 67.0 Å². The van der Waals surface area contributed by atoms with Crippen LogP contribution in [0, 0.1) is 6.92 Å². The molecule has 2 N–H and O–H groups in total. The molecule has 6 heteroatoms. The average molecular weight is 384 g/mol. The van der Waals surface area contributed by atoms with E-state index < -0.39 is 0 Å². The number of carbonyl (C=O) groups excluding carboxylic acids is 1. The Morgan fingerprint density at radius 3 is 2.70 bits per heavy atom. The summed E-state index contributed by atoms with van der Waals surface area (Å²) in [7, 11) is 0. The number of carbonyl (C=O) groups is 1. The molecule has 0 fully saturated rings. The molecule has 0 saturated carbocycles. The summed E-state index contributed by atoms with van der Waals surface area (Å²) in [6.45, 7) is 2.96. The second kappa shape index (κ2) is 9.24. The van der Waals surface area contributed by atoms with Crippen LogP contribution in [0.2, 0.25) is 5.02 Å². The first-order valence-electron chi connectivity index (χ1n) is 8.86. The molecule has 1 aromatic heterocycles. The molecule has 5 nitrogen and oxygen atoms in total. The first-order valence-corrected chi connectivity index (χ1v) is 9.24. The third kappa shape index (κ3) is 5.59. The quantitative estimate of drug-likeness (QED) is 0.562. The molecule has 0 aliphatic rings. The summed E-state index contributed by atoms with van der Waals surface area (Å²) < 4.78 is 5.71. The van der Waals surface area contributed by atoms with Gasteiger partial charge in [0.1, 0.15) is 5.75 Å². The van der Waals surface area contributed by atoms with Gasteiger partial charge in [0.05, 0.1) is 12.3 Å². The molecular weight excluding hydrogens is 362 g/mol. The van der Waals surface area contributed by atoms with Gasteiger partial charge in [-0.05, 0) is 54.3 Å². The minimum Gasteiger partial charge on any atom is -0.493 e. The van der Waals surface area contributed by atoms with Crippen LogP contribution in [-0.4, -0.2) is 22.7 Å². The first kappa shape index (κ1) is 19.0. The van der Waals surface area contributed by atoms with Crippen LogP contribution in [0.4, 0.5) is 0 Å². The summed E-state index contributed by atoms with van der Waals surface area (Å²) in [4.78, 5) is 12.0. The van der Waals surface area contributed by atoms with Crippen LogP contribution in [0.1, 0.15) is 24.0 Å². The molecule has 1 heterocycles. The van der Waals surface area contributed by atoms with Crippen LogP contribution in [0.15, 0.2) is 54.7 Å². The van der Waals surface area contributed by atoms with Crippen molar-refractivity contribution in [3.63, 3.8) is 0 Å². The highest BCUT2D eigenvalue weighted by molar-refractivity contribution is 6.30. The van der Waals surface area contributed by atoms with Gasteiger partial charge in [-0.15, -0.1) is 0 Å². The van der Waals surface area contributed by atoms with Gasteiger partial charge in [0.2, 0.25) is 5.91 Å². The second-order valence-electron chi connectivity index (χ2n) is 6.31. The molecule has 0 radical (unpaired) electrons. The third-order valence-electron chi connectivity index (χ3n) is 4.20. The molecule has 0 atom stereocenters. The Balaban J connectivity index is 1.37. The zero-order chi connectivity index (χ0) is 19.1. The molecule has 0 bridgehead atoms. The van der Waals surface area contributed by atoms with Crippen molar-refractivity contribution in [1.29, 1.82) is 0 Å². The maximum absolute atomic E-state index is 12.0. The van der Waals surface area contributed by atoms with Gasteiger partial charge in [-0.25, -0.2) is 0 Å². The number of halogens is 1. The van der Waals surface area contributed by atoms with E-state index >= 15 is 0 Å². The lowest BCUT2D eigenvalue weighted by molar-refractivity contribution is -0.121. The molecule has 3 rings (SSSR count). The largest absolute Gasteiger partial charge is 0.493 e. The van der Waals surface area contributed by atoms with Crippen molar-refractivity contribution in [3.8, 4) is 17.0 Å². The van der Waals surface area contributed by atoms with Crippen LogP contribution in [-0.2, 0) is 11.3 Å². The van der Waals surface area contributed by atoms with Crippen LogP contribution in [0.25, 0.3) is 11.3 Å². The Morgan fingerprint density at radius 2 is 2.00 bits per heavy atom. The SMILES string of the molecule is Cc1cc(Cl)ccc1OCCCC(=O)NCc1ccc(-c2ccn[nH]2)cc1. The van der Waals surface area contributed by atoms with E-state index in [1.54, 1.807) is 12.3 Å². The van der Waals surface area contributed by atoms with Crippen LogP contribution in [0.3, 0.4) is 0 Å². The number of benzene rings is 2. The number of amides is 1. The van der Waals surface area contributed by atoms with E-state index in [0.29, 0.717) is 31.0 Å². The Hall–Kier alpha value is -2.79. The average Bonchev–Trinajstić information content (AvgIpc) is 3.20. The van der Waals surface area contributed by atoms with E-state index in [0.717, 1.165) is 28.1 Å². The van der Waals surface area contributed by atoms with Gasteiger partial charge in [0, 0.05) is 24.2 Å². The Labute approximate surface area is 163 Å². The highest BCUT2D eigenvalue weighted by Crippen LogP contribution is 2.22. The van der Waals surface area contributed by atoms with Crippen LogP contribution < -0.4 is 10.1 Å². The van der Waals surface area contributed by atoms with Gasteiger partial charge in [0.25, 0.3) is 0 Å². The predicted octanol–water partition coefficient (Wildman–Crippen LogP) is 4.51. The fourth-order valence-electron chi connectivity index (χ4n) is 2.70. The molecule has 2 aromatic carbocycles. The summed E-state index contributed by atoms with van der Waals surface area (Å²) in [5.74, 6) is 0.821. The van der Waals surface area contributed by atoms with E-state index in [2.05, 4.69) is 15.5 Å². The van der Waals surface area contributed by atoms with Gasteiger partial charge in [-0.1, -0.05) is 35.9 Å². The van der Waals surface area contributed by atoms with E-state index in [-0.39, 0.29) is 5.91 Å². The van der Waals surface area contributed by atoms with E-state index in [1.165, 1.54) is 0 Å². The molecule has 1 amide bonds. The van der Waals surface area contributed by atoms with Gasteiger partial charge in [-0.3, -0.25) is 9.89 Å². The molecule has 0 spiro atoms. The Morgan fingerprint density at radius 1 is 1.19 bits per heavy atom. The minimum atomic E-state index is 0.0177. The van der Waals surface area contributed by atoms with E-state index in [1.807, 2.05) is 49.4 Å². The van der Waals surface area contributed by atoms with Crippen molar-refractivity contribution in [2.75, 3.05) is 6.61 Å². The minimum absolute atomic E-state index is 0.0177. The number of hydrogen-bond donors (Lipinski definition) is 2. The van der Waals surface area contributed by atoms with E-state index in [9.17, 15) is 4.79 Å². The number of aryl methyl sites for hydroxylation is 1.